The maximum atomic E-state index is 4.67. The van der Waals surface area contributed by atoms with E-state index in [4.69, 9.17) is 0 Å². The third-order valence-corrected chi connectivity index (χ3v) is 5.33. The van der Waals surface area contributed by atoms with Crippen molar-refractivity contribution in [1.82, 2.24) is 4.98 Å². The molecule has 20 heavy (non-hydrogen) atoms. The van der Waals surface area contributed by atoms with E-state index in [1.54, 1.807) is 11.3 Å². The van der Waals surface area contributed by atoms with E-state index < -0.39 is 0 Å². The molecule has 4 heteroatoms. The molecule has 0 fully saturated rings. The summed E-state index contributed by atoms with van der Waals surface area (Å²) in [5.74, 6) is 0.953. The number of hydrogen-bond acceptors (Lipinski definition) is 4. The molecule has 0 bridgehead atoms. The highest BCUT2D eigenvalue weighted by Crippen LogP contribution is 2.33. The fourth-order valence-electron chi connectivity index (χ4n) is 2.12. The minimum atomic E-state index is 0.953. The molecule has 0 unspecified atom stereocenters. The predicted molar refractivity (Wildman–Crippen MR) is 90.0 cm³/mol. The van der Waals surface area contributed by atoms with Crippen LogP contribution >= 0.6 is 23.1 Å². The van der Waals surface area contributed by atoms with Crippen LogP contribution in [-0.2, 0) is 5.75 Å². The summed E-state index contributed by atoms with van der Waals surface area (Å²) >= 11 is 3.58. The summed E-state index contributed by atoms with van der Waals surface area (Å²) in [7, 11) is 4.17. The first-order valence-corrected chi connectivity index (χ1v) is 8.28. The lowest BCUT2D eigenvalue weighted by Gasteiger charge is -2.16. The zero-order chi connectivity index (χ0) is 13.9. The fraction of sp³-hybridized carbons (Fsp3) is 0.188. The third-order valence-electron chi connectivity index (χ3n) is 3.10. The van der Waals surface area contributed by atoms with Gasteiger partial charge >= 0.3 is 0 Å². The van der Waals surface area contributed by atoms with Crippen LogP contribution in [0.2, 0.25) is 0 Å². The van der Waals surface area contributed by atoms with Crippen molar-refractivity contribution in [3.05, 3.63) is 54.1 Å². The van der Waals surface area contributed by atoms with Crippen molar-refractivity contribution in [3.63, 3.8) is 0 Å². The van der Waals surface area contributed by atoms with Crippen LogP contribution in [0.3, 0.4) is 0 Å². The second-order valence-corrected chi connectivity index (χ2v) is 7.01. The molecule has 2 nitrogen and oxygen atoms in total. The molecule has 0 N–H and O–H groups in total. The van der Waals surface area contributed by atoms with Gasteiger partial charge in [-0.15, -0.1) is 11.3 Å². The van der Waals surface area contributed by atoms with Crippen LogP contribution < -0.4 is 4.90 Å². The number of hydrogen-bond donors (Lipinski definition) is 0. The van der Waals surface area contributed by atoms with E-state index in [9.17, 15) is 0 Å². The molecule has 0 aliphatic heterocycles. The van der Waals surface area contributed by atoms with Gasteiger partial charge in [-0.3, -0.25) is 0 Å². The zero-order valence-electron chi connectivity index (χ0n) is 11.5. The number of benzene rings is 2. The first-order chi connectivity index (χ1) is 9.74. The van der Waals surface area contributed by atoms with Crippen LogP contribution in [0.15, 0.2) is 52.9 Å². The first-order valence-electron chi connectivity index (χ1n) is 6.47. The lowest BCUT2D eigenvalue weighted by molar-refractivity contribution is 1.11. The number of thiazole rings is 1. The van der Waals surface area contributed by atoms with E-state index >= 15 is 0 Å². The SMILES string of the molecule is CN(C)c1ccccc1CSc1nc2ccccc2s1. The lowest BCUT2D eigenvalue weighted by atomic mass is 10.2. The van der Waals surface area contributed by atoms with Crippen molar-refractivity contribution in [2.75, 3.05) is 19.0 Å². The van der Waals surface area contributed by atoms with Gasteiger partial charge in [0.15, 0.2) is 4.34 Å². The van der Waals surface area contributed by atoms with Crippen molar-refractivity contribution in [2.24, 2.45) is 0 Å². The molecule has 0 aliphatic carbocycles. The Hall–Kier alpha value is -1.52. The van der Waals surface area contributed by atoms with Gasteiger partial charge in [0.2, 0.25) is 0 Å². The molecule has 0 aliphatic rings. The predicted octanol–water partition coefficient (Wildman–Crippen LogP) is 4.65. The Kier molecular flexibility index (Phi) is 3.94. The Morgan fingerprint density at radius 2 is 1.80 bits per heavy atom. The van der Waals surface area contributed by atoms with Gasteiger partial charge in [0.05, 0.1) is 10.2 Å². The normalized spacial score (nSPS) is 10.9. The van der Waals surface area contributed by atoms with E-state index in [-0.39, 0.29) is 0 Å². The molecule has 0 radical (unpaired) electrons. The molecule has 0 saturated heterocycles. The summed E-state index contributed by atoms with van der Waals surface area (Å²) in [4.78, 5) is 6.83. The van der Waals surface area contributed by atoms with Crippen molar-refractivity contribution >= 4 is 39.0 Å². The van der Waals surface area contributed by atoms with E-state index in [1.807, 2.05) is 17.8 Å². The Labute approximate surface area is 127 Å². The van der Waals surface area contributed by atoms with Gasteiger partial charge in [0, 0.05) is 25.5 Å². The molecule has 0 spiro atoms. The smallest absolute Gasteiger partial charge is 0.151 e. The molecule has 1 aromatic heterocycles. The van der Waals surface area contributed by atoms with Crippen LogP contribution in [0.4, 0.5) is 5.69 Å². The Bertz CT molecular complexity index is 686. The maximum Gasteiger partial charge on any atom is 0.151 e. The Balaban J connectivity index is 1.79. The van der Waals surface area contributed by atoms with Crippen LogP contribution in [0, 0.1) is 0 Å². The molecule has 102 valence electrons. The van der Waals surface area contributed by atoms with Gasteiger partial charge in [-0.25, -0.2) is 4.98 Å². The highest BCUT2D eigenvalue weighted by Gasteiger charge is 2.07. The van der Waals surface area contributed by atoms with Crippen molar-refractivity contribution < 1.29 is 0 Å². The standard InChI is InChI=1S/C16H16N2S2/c1-18(2)14-9-5-3-7-12(14)11-19-16-17-13-8-4-6-10-15(13)20-16/h3-10H,11H2,1-2H3. The topological polar surface area (TPSA) is 16.1 Å². The summed E-state index contributed by atoms with van der Waals surface area (Å²) < 4.78 is 2.40. The monoisotopic (exact) mass is 300 g/mol. The van der Waals surface area contributed by atoms with Gasteiger partial charge in [-0.05, 0) is 23.8 Å². The highest BCUT2D eigenvalue weighted by molar-refractivity contribution is 8.00. The van der Waals surface area contributed by atoms with Gasteiger partial charge in [0.25, 0.3) is 0 Å². The van der Waals surface area contributed by atoms with Gasteiger partial charge in [0.1, 0.15) is 0 Å². The largest absolute Gasteiger partial charge is 0.377 e. The van der Waals surface area contributed by atoms with Crippen LogP contribution in [0.25, 0.3) is 10.2 Å². The van der Waals surface area contributed by atoms with Crippen LogP contribution in [-0.4, -0.2) is 19.1 Å². The van der Waals surface area contributed by atoms with Crippen molar-refractivity contribution in [3.8, 4) is 0 Å². The summed E-state index contributed by atoms with van der Waals surface area (Å²) in [5.41, 5.74) is 3.73. The summed E-state index contributed by atoms with van der Waals surface area (Å²) in [6.07, 6.45) is 0. The zero-order valence-corrected chi connectivity index (χ0v) is 13.2. The minimum Gasteiger partial charge on any atom is -0.377 e. The second kappa shape index (κ2) is 5.85. The molecular formula is C16H16N2S2. The average Bonchev–Trinajstić information content (AvgIpc) is 2.88. The third kappa shape index (κ3) is 2.81. The Morgan fingerprint density at radius 3 is 2.60 bits per heavy atom. The molecule has 0 saturated carbocycles. The van der Waals surface area contributed by atoms with Gasteiger partial charge in [-0.1, -0.05) is 42.1 Å². The van der Waals surface area contributed by atoms with Gasteiger partial charge in [-0.2, -0.15) is 0 Å². The minimum absolute atomic E-state index is 0.953. The number of nitrogens with zero attached hydrogens (tertiary/aromatic N) is 2. The molecular weight excluding hydrogens is 284 g/mol. The van der Waals surface area contributed by atoms with E-state index in [2.05, 4.69) is 66.4 Å². The van der Waals surface area contributed by atoms with Crippen molar-refractivity contribution in [2.45, 2.75) is 10.1 Å². The number of fused-ring (bicyclic) bond motifs is 1. The lowest BCUT2D eigenvalue weighted by Crippen LogP contribution is -2.10. The number of anilines is 1. The van der Waals surface area contributed by atoms with Crippen molar-refractivity contribution in [1.29, 1.82) is 0 Å². The quantitative estimate of drug-likeness (QED) is 0.652. The maximum absolute atomic E-state index is 4.67. The fourth-order valence-corrected chi connectivity index (χ4v) is 4.19. The number of para-hydroxylation sites is 2. The molecule has 0 atom stereocenters. The summed E-state index contributed by atoms with van der Waals surface area (Å²) in [6, 6.07) is 16.8. The summed E-state index contributed by atoms with van der Waals surface area (Å²) in [5, 5.41) is 0. The van der Waals surface area contributed by atoms with E-state index in [0.717, 1.165) is 15.6 Å². The summed E-state index contributed by atoms with van der Waals surface area (Å²) in [6.45, 7) is 0. The average molecular weight is 300 g/mol. The second-order valence-electron chi connectivity index (χ2n) is 4.76. The molecule has 3 rings (SSSR count). The molecule has 0 amide bonds. The number of rotatable bonds is 4. The number of aromatic nitrogens is 1. The van der Waals surface area contributed by atoms with Gasteiger partial charge < -0.3 is 4.90 Å². The Morgan fingerprint density at radius 1 is 1.05 bits per heavy atom. The number of thioether (sulfide) groups is 1. The molecule has 1 heterocycles. The molecule has 3 aromatic rings. The first kappa shape index (κ1) is 13.5. The van der Waals surface area contributed by atoms with E-state index in [0.29, 0.717) is 0 Å². The highest BCUT2D eigenvalue weighted by atomic mass is 32.2. The molecule has 2 aromatic carbocycles. The van der Waals surface area contributed by atoms with Crippen LogP contribution in [0.1, 0.15) is 5.56 Å². The van der Waals surface area contributed by atoms with E-state index in [1.165, 1.54) is 16.0 Å². The van der Waals surface area contributed by atoms with Crippen LogP contribution in [0.5, 0.6) is 0 Å².